The highest BCUT2D eigenvalue weighted by Gasteiger charge is 2.35. The lowest BCUT2D eigenvalue weighted by Crippen LogP contribution is -2.43. The van der Waals surface area contributed by atoms with Crippen LogP contribution in [0.25, 0.3) is 12.2 Å². The zero-order valence-electron chi connectivity index (χ0n) is 24.8. The van der Waals surface area contributed by atoms with Crippen LogP contribution in [0.3, 0.4) is 0 Å². The van der Waals surface area contributed by atoms with Crippen molar-refractivity contribution in [3.63, 3.8) is 0 Å². The van der Waals surface area contributed by atoms with Gasteiger partial charge in [-0.15, -0.1) is 0 Å². The molecule has 2 aromatic rings. The van der Waals surface area contributed by atoms with Crippen LogP contribution in [0.1, 0.15) is 69.4 Å². The van der Waals surface area contributed by atoms with E-state index in [0.717, 1.165) is 17.5 Å². The average Bonchev–Trinajstić information content (AvgIpc) is 3.70. The summed E-state index contributed by atoms with van der Waals surface area (Å²) < 4.78 is 0. The Morgan fingerprint density at radius 1 is 0.682 bits per heavy atom. The maximum Gasteiger partial charge on any atom is 0.303 e. The average molecular weight is 603 g/mol. The highest BCUT2D eigenvalue weighted by molar-refractivity contribution is 5.99. The number of nitrogens with zero attached hydrogens (tertiary/aromatic N) is 2. The third-order valence-corrected chi connectivity index (χ3v) is 7.82. The fourth-order valence-electron chi connectivity index (χ4n) is 5.46. The van der Waals surface area contributed by atoms with Crippen LogP contribution < -0.4 is 10.6 Å². The Morgan fingerprint density at radius 3 is 1.48 bits per heavy atom. The molecule has 4 rings (SSSR count). The molecular weight excluding hydrogens is 564 g/mol. The van der Waals surface area contributed by atoms with Crippen LogP contribution in [-0.2, 0) is 28.8 Å². The number of benzene rings is 2. The number of nitrogens with one attached hydrogen (secondary N) is 2. The molecule has 0 saturated carbocycles. The lowest BCUT2D eigenvalue weighted by molar-refractivity contribution is -0.142. The van der Waals surface area contributed by atoms with Gasteiger partial charge in [0.2, 0.25) is 23.6 Å². The number of hydrogen-bond acceptors (Lipinski definition) is 6. The lowest BCUT2D eigenvalue weighted by Gasteiger charge is -2.24. The van der Waals surface area contributed by atoms with Crippen LogP contribution in [0.15, 0.2) is 48.5 Å². The number of carboxylic acids is 1. The third kappa shape index (κ3) is 8.85. The molecule has 2 aliphatic rings. The first-order valence-corrected chi connectivity index (χ1v) is 14.9. The Labute approximate surface area is 256 Å². The predicted molar refractivity (Wildman–Crippen MR) is 165 cm³/mol. The minimum absolute atomic E-state index is 0.0482. The number of carbonyl (C=O) groups is 6. The summed E-state index contributed by atoms with van der Waals surface area (Å²) in [6.07, 6.45) is 6.33. The Morgan fingerprint density at radius 2 is 1.09 bits per heavy atom. The summed E-state index contributed by atoms with van der Waals surface area (Å²) in [6, 6.07) is 13.5. The van der Waals surface area contributed by atoms with E-state index < -0.39 is 18.1 Å². The van der Waals surface area contributed by atoms with Gasteiger partial charge in [0.05, 0.1) is 6.42 Å². The number of hydrogen-bond donors (Lipinski definition) is 3. The Bertz CT molecular complexity index is 1310. The molecule has 44 heavy (non-hydrogen) atoms. The van der Waals surface area contributed by atoms with Gasteiger partial charge in [-0.05, 0) is 68.0 Å². The molecule has 2 atom stereocenters. The quantitative estimate of drug-likeness (QED) is 0.311. The van der Waals surface area contributed by atoms with Crippen LogP contribution in [-0.4, -0.2) is 75.5 Å². The summed E-state index contributed by atoms with van der Waals surface area (Å²) >= 11 is 0. The number of likely N-dealkylation sites (tertiary alicyclic amines) is 2. The van der Waals surface area contributed by atoms with Crippen molar-refractivity contribution in [1.29, 1.82) is 0 Å². The topological polar surface area (TPSA) is 153 Å². The van der Waals surface area contributed by atoms with Gasteiger partial charge in [-0.25, -0.2) is 0 Å². The Hall–Kier alpha value is -4.80. The summed E-state index contributed by atoms with van der Waals surface area (Å²) in [7, 11) is 0. The van der Waals surface area contributed by atoms with Gasteiger partial charge in [0, 0.05) is 43.7 Å². The zero-order valence-corrected chi connectivity index (χ0v) is 24.8. The van der Waals surface area contributed by atoms with Crippen molar-refractivity contribution < 1.29 is 33.9 Å². The first-order chi connectivity index (χ1) is 21.1. The fourth-order valence-corrected chi connectivity index (χ4v) is 5.46. The van der Waals surface area contributed by atoms with Crippen LogP contribution in [0.4, 0.5) is 11.4 Å². The first-order valence-electron chi connectivity index (χ1n) is 14.9. The van der Waals surface area contributed by atoms with E-state index in [0.29, 0.717) is 43.7 Å². The number of anilines is 2. The van der Waals surface area contributed by atoms with Gasteiger partial charge in [0.15, 0.2) is 0 Å². The van der Waals surface area contributed by atoms with Crippen molar-refractivity contribution in [3.8, 4) is 0 Å². The maximum atomic E-state index is 12.9. The molecule has 4 amide bonds. The van der Waals surface area contributed by atoms with Gasteiger partial charge in [-0.2, -0.15) is 0 Å². The molecule has 2 saturated heterocycles. The molecule has 2 heterocycles. The van der Waals surface area contributed by atoms with Crippen molar-refractivity contribution in [1.82, 2.24) is 9.80 Å². The van der Waals surface area contributed by atoms with Crippen molar-refractivity contribution in [2.24, 2.45) is 0 Å². The number of carbonyl (C=O) groups excluding carboxylic acids is 5. The van der Waals surface area contributed by atoms with Gasteiger partial charge in [-0.3, -0.25) is 24.0 Å². The first kappa shape index (κ1) is 32.1. The van der Waals surface area contributed by atoms with Crippen LogP contribution in [0, 0.1) is 0 Å². The standard InChI is InChI=1S/C33H38N4O7/c1-22(38)6-17-29(39)36-20-2-4-27(36)32(43)34-25-13-9-23(10-14-25)7-8-24-11-15-26(16-12-24)35-33(44)28-5-3-21-37(28)30(40)18-19-31(41)42/h7-16,27-28H,2-6,17-21H2,1H3,(H,34,43)(H,35,44)(H,41,42)/b8-7+/t27-,28-/m0/s1. The van der Waals surface area contributed by atoms with E-state index in [2.05, 4.69) is 10.6 Å². The molecule has 0 aromatic heterocycles. The number of aliphatic carboxylic acids is 1. The molecule has 11 heteroatoms. The number of Topliss-reactive ketones (excluding diaryl/α,β-unsaturated/α-hetero) is 1. The summed E-state index contributed by atoms with van der Waals surface area (Å²) in [4.78, 5) is 75.6. The lowest BCUT2D eigenvalue weighted by atomic mass is 10.1. The zero-order chi connectivity index (χ0) is 31.6. The Balaban J connectivity index is 1.27. The van der Waals surface area contributed by atoms with Crippen LogP contribution in [0.5, 0.6) is 0 Å². The monoisotopic (exact) mass is 602 g/mol. The minimum Gasteiger partial charge on any atom is -0.481 e. The number of amides is 4. The molecule has 2 aliphatic heterocycles. The summed E-state index contributed by atoms with van der Waals surface area (Å²) in [5.41, 5.74) is 3.04. The predicted octanol–water partition coefficient (Wildman–Crippen LogP) is 3.95. The summed E-state index contributed by atoms with van der Waals surface area (Å²) in [5.74, 6) is -2.11. The summed E-state index contributed by atoms with van der Waals surface area (Å²) in [6.45, 7) is 2.41. The molecular formula is C33H38N4O7. The molecule has 232 valence electrons. The van der Waals surface area contributed by atoms with Crippen molar-refractivity contribution >= 4 is 58.9 Å². The number of ketones is 1. The van der Waals surface area contributed by atoms with Gasteiger partial charge in [0.1, 0.15) is 17.9 Å². The van der Waals surface area contributed by atoms with Gasteiger partial charge >= 0.3 is 5.97 Å². The molecule has 2 aromatic carbocycles. The smallest absolute Gasteiger partial charge is 0.303 e. The van der Waals surface area contributed by atoms with E-state index in [4.69, 9.17) is 5.11 Å². The molecule has 0 unspecified atom stereocenters. The summed E-state index contributed by atoms with van der Waals surface area (Å²) in [5, 5.41) is 14.6. The van der Waals surface area contributed by atoms with Gasteiger partial charge in [-0.1, -0.05) is 36.4 Å². The molecule has 0 radical (unpaired) electrons. The van der Waals surface area contributed by atoms with E-state index in [1.54, 1.807) is 29.2 Å². The fraction of sp³-hybridized carbons (Fsp3) is 0.394. The molecule has 11 nitrogen and oxygen atoms in total. The molecule has 0 bridgehead atoms. The SMILES string of the molecule is CC(=O)CCC(=O)N1CCC[C@H]1C(=O)Nc1ccc(/C=C/c2ccc(NC(=O)[C@@H]3CCCN3C(=O)CCC(=O)O)cc2)cc1. The molecule has 0 spiro atoms. The van der Waals surface area contributed by atoms with Gasteiger partial charge < -0.3 is 30.3 Å². The highest BCUT2D eigenvalue weighted by atomic mass is 16.4. The van der Waals surface area contributed by atoms with E-state index in [-0.39, 0.29) is 55.1 Å². The largest absolute Gasteiger partial charge is 0.481 e. The second-order valence-corrected chi connectivity index (χ2v) is 11.1. The van der Waals surface area contributed by atoms with E-state index >= 15 is 0 Å². The van der Waals surface area contributed by atoms with Gasteiger partial charge in [0.25, 0.3) is 0 Å². The van der Waals surface area contributed by atoms with Crippen LogP contribution in [0.2, 0.25) is 0 Å². The Kier molecular flexibility index (Phi) is 11.0. The second-order valence-electron chi connectivity index (χ2n) is 11.1. The van der Waals surface area contributed by atoms with E-state index in [1.807, 2.05) is 36.4 Å². The minimum atomic E-state index is -1.04. The maximum absolute atomic E-state index is 12.9. The van der Waals surface area contributed by atoms with Crippen molar-refractivity contribution in [2.75, 3.05) is 23.7 Å². The van der Waals surface area contributed by atoms with Crippen LogP contribution >= 0.6 is 0 Å². The second kappa shape index (κ2) is 15.1. The van der Waals surface area contributed by atoms with E-state index in [9.17, 15) is 28.8 Å². The number of rotatable bonds is 12. The van der Waals surface area contributed by atoms with E-state index in [1.165, 1.54) is 11.8 Å². The molecule has 2 fully saturated rings. The number of carboxylic acid groups (broad SMARTS) is 1. The van der Waals surface area contributed by atoms with Crippen molar-refractivity contribution in [2.45, 2.75) is 70.4 Å². The molecule has 3 N–H and O–H groups in total. The van der Waals surface area contributed by atoms with Crippen molar-refractivity contribution in [3.05, 3.63) is 59.7 Å². The normalized spacial score (nSPS) is 17.9. The third-order valence-electron chi connectivity index (χ3n) is 7.82. The molecule has 0 aliphatic carbocycles. The highest BCUT2D eigenvalue weighted by Crippen LogP contribution is 2.23.